The molecule has 3 aromatic rings. The van der Waals surface area contributed by atoms with Crippen LogP contribution in [0.5, 0.6) is 0 Å². The highest BCUT2D eigenvalue weighted by atomic mass is 35.5. The van der Waals surface area contributed by atoms with Crippen LogP contribution in [0.1, 0.15) is 24.8 Å². The van der Waals surface area contributed by atoms with Crippen molar-refractivity contribution in [2.75, 3.05) is 24.5 Å². The number of hydrogen-bond donors (Lipinski definition) is 1. The van der Waals surface area contributed by atoms with Crippen LogP contribution in [-0.4, -0.2) is 73.6 Å². The average Bonchev–Trinajstić information content (AvgIpc) is 3.53. The van der Waals surface area contributed by atoms with Crippen LogP contribution in [0.4, 0.5) is 5.69 Å². The van der Waals surface area contributed by atoms with Crippen molar-refractivity contribution in [3.05, 3.63) is 77.8 Å². The normalized spacial score (nSPS) is 18.8. The van der Waals surface area contributed by atoms with Crippen LogP contribution < -0.4 is 10.6 Å². The maximum Gasteiger partial charge on any atom is 0.261 e. The number of likely N-dealkylation sites (tertiary alicyclic amines) is 1. The van der Waals surface area contributed by atoms with Crippen LogP contribution in [0, 0.1) is 0 Å². The zero-order chi connectivity index (χ0) is 26.7. The number of amides is 3. The first-order valence-electron chi connectivity index (χ1n) is 12.7. The molecule has 2 aromatic carbocycles. The lowest BCUT2D eigenvalue weighted by molar-refractivity contribution is -0.140. The van der Waals surface area contributed by atoms with E-state index in [2.05, 4.69) is 10.1 Å². The molecule has 198 valence electrons. The van der Waals surface area contributed by atoms with E-state index in [1.165, 1.54) is 6.33 Å². The Labute approximate surface area is 226 Å². The average molecular weight is 536 g/mol. The van der Waals surface area contributed by atoms with Crippen LogP contribution in [0.3, 0.4) is 0 Å². The molecule has 0 bridgehead atoms. The molecule has 0 saturated carbocycles. The van der Waals surface area contributed by atoms with Gasteiger partial charge in [-0.1, -0.05) is 41.9 Å². The number of benzene rings is 2. The van der Waals surface area contributed by atoms with E-state index in [4.69, 9.17) is 17.3 Å². The van der Waals surface area contributed by atoms with E-state index in [1.807, 2.05) is 64.4 Å². The molecule has 1 aromatic heterocycles. The second-order valence-corrected chi connectivity index (χ2v) is 10.1. The highest BCUT2D eigenvalue weighted by Gasteiger charge is 2.60. The lowest BCUT2D eigenvalue weighted by Crippen LogP contribution is -2.59. The Kier molecular flexibility index (Phi) is 7.33. The molecule has 11 heteroatoms. The number of primary amides is 1. The van der Waals surface area contributed by atoms with E-state index < -0.39 is 17.6 Å². The van der Waals surface area contributed by atoms with E-state index in [0.29, 0.717) is 50.3 Å². The molecule has 0 unspecified atom stereocenters. The topological polar surface area (TPSA) is 118 Å². The number of aryl methyl sites for hydroxylation is 1. The standard InChI is InChI=1S/C27H30ClN7O3/c28-21-9-6-20(7-10-21)8-11-23(36)32-14-12-27(13-15-32)26(38)34(17-16-33-19-30-18-31-33)25(24(29)37)35(27)22-4-2-1-3-5-22/h1-7,9-10,18-19,25H,8,11-17H2,(H2,29,37)/t25-/m0/s1. The summed E-state index contributed by atoms with van der Waals surface area (Å²) in [6.45, 7) is 1.46. The number of halogens is 1. The number of hydrogen-bond acceptors (Lipinski definition) is 6. The van der Waals surface area contributed by atoms with Gasteiger partial charge in [0.25, 0.3) is 11.8 Å². The summed E-state index contributed by atoms with van der Waals surface area (Å²) in [5.41, 5.74) is 6.73. The molecule has 0 aliphatic carbocycles. The first-order chi connectivity index (χ1) is 18.4. The van der Waals surface area contributed by atoms with Crippen LogP contribution >= 0.6 is 11.6 Å². The minimum atomic E-state index is -0.976. The maximum absolute atomic E-state index is 14.1. The molecule has 2 fully saturated rings. The van der Waals surface area contributed by atoms with Crippen molar-refractivity contribution in [3.63, 3.8) is 0 Å². The largest absolute Gasteiger partial charge is 0.366 e. The number of rotatable bonds is 8. The molecule has 5 rings (SSSR count). The van der Waals surface area contributed by atoms with Gasteiger partial charge in [0.05, 0.1) is 6.54 Å². The lowest BCUT2D eigenvalue weighted by Gasteiger charge is -2.44. The maximum atomic E-state index is 14.1. The van der Waals surface area contributed by atoms with Crippen molar-refractivity contribution >= 4 is 35.0 Å². The fourth-order valence-corrected chi connectivity index (χ4v) is 5.66. The van der Waals surface area contributed by atoms with Gasteiger partial charge in [-0.25, -0.2) is 4.98 Å². The SMILES string of the molecule is NC(=O)[C@H]1N(CCn2cncn2)C(=O)C2(CCN(C(=O)CCc3ccc(Cl)cc3)CC2)N1c1ccccc1. The molecule has 2 saturated heterocycles. The van der Waals surface area contributed by atoms with E-state index in [9.17, 15) is 14.4 Å². The second-order valence-electron chi connectivity index (χ2n) is 9.68. The smallest absolute Gasteiger partial charge is 0.261 e. The van der Waals surface area contributed by atoms with Gasteiger partial charge < -0.3 is 20.4 Å². The van der Waals surface area contributed by atoms with Crippen molar-refractivity contribution < 1.29 is 14.4 Å². The Hall–Kier alpha value is -3.92. The Morgan fingerprint density at radius 3 is 2.37 bits per heavy atom. The van der Waals surface area contributed by atoms with E-state index in [0.717, 1.165) is 11.3 Å². The van der Waals surface area contributed by atoms with Gasteiger partial charge in [-0.15, -0.1) is 0 Å². The fourth-order valence-electron chi connectivity index (χ4n) is 5.54. The molecule has 2 aliphatic heterocycles. The number of carbonyl (C=O) groups excluding carboxylic acids is 3. The number of carbonyl (C=O) groups is 3. The number of aromatic nitrogens is 3. The predicted molar refractivity (Wildman–Crippen MR) is 142 cm³/mol. The fraction of sp³-hybridized carbons (Fsp3) is 0.370. The molecule has 0 radical (unpaired) electrons. The molecule has 2 aliphatic rings. The second kappa shape index (κ2) is 10.8. The molecule has 10 nitrogen and oxygen atoms in total. The Balaban J connectivity index is 1.35. The van der Waals surface area contributed by atoms with E-state index >= 15 is 0 Å². The summed E-state index contributed by atoms with van der Waals surface area (Å²) in [7, 11) is 0. The molecular formula is C27H30ClN7O3. The third kappa shape index (κ3) is 4.96. The number of nitrogens with two attached hydrogens (primary N) is 1. The summed E-state index contributed by atoms with van der Waals surface area (Å²) < 4.78 is 1.62. The predicted octanol–water partition coefficient (Wildman–Crippen LogP) is 2.09. The van der Waals surface area contributed by atoms with Crippen molar-refractivity contribution in [1.82, 2.24) is 24.6 Å². The van der Waals surface area contributed by atoms with Gasteiger partial charge in [-0.3, -0.25) is 19.1 Å². The number of nitrogens with zero attached hydrogens (tertiary/aromatic N) is 6. The molecule has 38 heavy (non-hydrogen) atoms. The van der Waals surface area contributed by atoms with Gasteiger partial charge in [0.1, 0.15) is 18.2 Å². The van der Waals surface area contributed by atoms with Crippen molar-refractivity contribution in [2.24, 2.45) is 5.73 Å². The van der Waals surface area contributed by atoms with Crippen LogP contribution in [0.25, 0.3) is 0 Å². The molecular weight excluding hydrogens is 506 g/mol. The molecule has 3 heterocycles. The number of para-hydroxylation sites is 1. The summed E-state index contributed by atoms with van der Waals surface area (Å²) in [6, 6.07) is 16.9. The van der Waals surface area contributed by atoms with Crippen LogP contribution in [0.2, 0.25) is 5.02 Å². The minimum absolute atomic E-state index is 0.0426. The summed E-state index contributed by atoms with van der Waals surface area (Å²) in [6.07, 6.45) is 3.84. The van der Waals surface area contributed by atoms with E-state index in [1.54, 1.807) is 15.9 Å². The first-order valence-corrected chi connectivity index (χ1v) is 13.1. The van der Waals surface area contributed by atoms with E-state index in [-0.39, 0.29) is 18.4 Å². The number of anilines is 1. The van der Waals surface area contributed by atoms with Gasteiger partial charge >= 0.3 is 0 Å². The Bertz CT molecular complexity index is 1280. The van der Waals surface area contributed by atoms with Crippen LogP contribution in [-0.2, 0) is 27.3 Å². The highest BCUT2D eigenvalue weighted by molar-refractivity contribution is 6.30. The molecule has 3 amide bonds. The number of piperidine rings is 1. The van der Waals surface area contributed by atoms with Gasteiger partial charge in [-0.2, -0.15) is 5.10 Å². The summed E-state index contributed by atoms with van der Waals surface area (Å²) in [4.78, 5) is 49.1. The molecule has 2 N–H and O–H groups in total. The third-order valence-corrected chi connectivity index (χ3v) is 7.72. The quantitative estimate of drug-likeness (QED) is 0.472. The minimum Gasteiger partial charge on any atom is -0.366 e. The van der Waals surface area contributed by atoms with Crippen LogP contribution in [0.15, 0.2) is 67.3 Å². The monoisotopic (exact) mass is 535 g/mol. The Morgan fingerprint density at radius 1 is 1.03 bits per heavy atom. The zero-order valence-electron chi connectivity index (χ0n) is 20.9. The molecule has 1 spiro atoms. The summed E-state index contributed by atoms with van der Waals surface area (Å²) >= 11 is 5.96. The van der Waals surface area contributed by atoms with Gasteiger partial charge in [0.15, 0.2) is 6.17 Å². The lowest BCUT2D eigenvalue weighted by atomic mass is 9.85. The highest BCUT2D eigenvalue weighted by Crippen LogP contribution is 2.42. The van der Waals surface area contributed by atoms with Crippen molar-refractivity contribution in [1.29, 1.82) is 0 Å². The van der Waals surface area contributed by atoms with Gasteiger partial charge in [0.2, 0.25) is 5.91 Å². The third-order valence-electron chi connectivity index (χ3n) is 7.47. The summed E-state index contributed by atoms with van der Waals surface area (Å²) in [5, 5.41) is 4.78. The van der Waals surface area contributed by atoms with Crippen molar-refractivity contribution in [3.8, 4) is 0 Å². The zero-order valence-corrected chi connectivity index (χ0v) is 21.7. The first kappa shape index (κ1) is 25.7. The summed E-state index contributed by atoms with van der Waals surface area (Å²) in [5.74, 6) is -0.710. The van der Waals surface area contributed by atoms with Crippen molar-refractivity contribution in [2.45, 2.75) is 43.9 Å². The van der Waals surface area contributed by atoms with Gasteiger partial charge in [-0.05, 0) is 49.1 Å². The Morgan fingerprint density at radius 2 is 1.74 bits per heavy atom. The molecule has 1 atom stereocenters. The van der Waals surface area contributed by atoms with Gasteiger partial charge in [0, 0.05) is 36.8 Å².